The number of carbonyl (C=O) groups excluding carboxylic acids is 1. The Labute approximate surface area is 112 Å². The third-order valence-corrected chi connectivity index (χ3v) is 5.02. The third kappa shape index (κ3) is 3.47. The molecule has 19 heavy (non-hydrogen) atoms. The first-order valence-corrected chi connectivity index (χ1v) is 8.00. The van der Waals surface area contributed by atoms with Gasteiger partial charge in [0.2, 0.25) is 0 Å². The molecule has 1 saturated heterocycles. The Morgan fingerprint density at radius 1 is 1.42 bits per heavy atom. The molecule has 0 spiro atoms. The zero-order valence-electron chi connectivity index (χ0n) is 10.7. The average Bonchev–Trinajstić information content (AvgIpc) is 2.27. The van der Waals surface area contributed by atoms with E-state index in [9.17, 15) is 18.3 Å². The fourth-order valence-electron chi connectivity index (χ4n) is 2.23. The van der Waals surface area contributed by atoms with Crippen LogP contribution in [0.15, 0.2) is 18.2 Å². The van der Waals surface area contributed by atoms with Crippen molar-refractivity contribution in [3.63, 3.8) is 0 Å². The van der Waals surface area contributed by atoms with Gasteiger partial charge in [0.25, 0.3) is 5.91 Å². The van der Waals surface area contributed by atoms with E-state index >= 15 is 0 Å². The summed E-state index contributed by atoms with van der Waals surface area (Å²) in [6.07, 6.45) is 1.21. The highest BCUT2D eigenvalue weighted by Crippen LogP contribution is 2.19. The smallest absolute Gasteiger partial charge is 0.255 e. The molecule has 1 amide bonds. The maximum atomic E-state index is 12.0. The molecular weight excluding hydrogens is 266 g/mol. The van der Waals surface area contributed by atoms with Crippen LogP contribution < -0.4 is 5.32 Å². The summed E-state index contributed by atoms with van der Waals surface area (Å²) in [5, 5.41) is 12.4. The zero-order chi connectivity index (χ0) is 14.0. The molecule has 6 heteroatoms. The van der Waals surface area contributed by atoms with E-state index in [0.717, 1.165) is 5.56 Å². The van der Waals surface area contributed by atoms with Crippen LogP contribution in [-0.2, 0) is 9.84 Å². The molecule has 2 N–H and O–H groups in total. The number of aryl methyl sites for hydroxylation is 1. The van der Waals surface area contributed by atoms with Gasteiger partial charge in [0.05, 0.1) is 17.1 Å². The lowest BCUT2D eigenvalue weighted by molar-refractivity contribution is 0.0935. The highest BCUT2D eigenvalue weighted by atomic mass is 32.2. The zero-order valence-corrected chi connectivity index (χ0v) is 11.5. The van der Waals surface area contributed by atoms with E-state index in [4.69, 9.17) is 0 Å². The minimum atomic E-state index is -3.05. The van der Waals surface area contributed by atoms with Crippen LogP contribution in [0.5, 0.6) is 5.75 Å². The van der Waals surface area contributed by atoms with E-state index in [-0.39, 0.29) is 28.9 Å². The second-order valence-electron chi connectivity index (χ2n) is 4.95. The van der Waals surface area contributed by atoms with E-state index in [1.165, 1.54) is 12.1 Å². The van der Waals surface area contributed by atoms with Crippen LogP contribution in [0.4, 0.5) is 0 Å². The summed E-state index contributed by atoms with van der Waals surface area (Å²) < 4.78 is 23.0. The Morgan fingerprint density at radius 2 is 2.16 bits per heavy atom. The van der Waals surface area contributed by atoms with Crippen molar-refractivity contribution < 1.29 is 18.3 Å². The van der Waals surface area contributed by atoms with Crippen molar-refractivity contribution in [3.8, 4) is 5.75 Å². The fourth-order valence-corrected chi connectivity index (χ4v) is 3.87. The summed E-state index contributed by atoms with van der Waals surface area (Å²) in [7, 11) is -3.05. The largest absolute Gasteiger partial charge is 0.507 e. The second-order valence-corrected chi connectivity index (χ2v) is 7.18. The molecule has 5 nitrogen and oxygen atoms in total. The van der Waals surface area contributed by atoms with Crippen molar-refractivity contribution in [1.82, 2.24) is 5.32 Å². The molecule has 1 aliphatic heterocycles. The van der Waals surface area contributed by atoms with Gasteiger partial charge in [-0.1, -0.05) is 6.07 Å². The molecule has 0 aromatic heterocycles. The van der Waals surface area contributed by atoms with Gasteiger partial charge in [-0.25, -0.2) is 8.42 Å². The van der Waals surface area contributed by atoms with Crippen LogP contribution >= 0.6 is 0 Å². The third-order valence-electron chi connectivity index (χ3n) is 3.20. The van der Waals surface area contributed by atoms with Gasteiger partial charge in [0.1, 0.15) is 5.75 Å². The highest BCUT2D eigenvalue weighted by molar-refractivity contribution is 7.91. The minimum Gasteiger partial charge on any atom is -0.507 e. The average molecular weight is 283 g/mol. The van der Waals surface area contributed by atoms with Gasteiger partial charge in [-0.3, -0.25) is 4.79 Å². The van der Waals surface area contributed by atoms with Crippen LogP contribution in [0.25, 0.3) is 0 Å². The number of sulfone groups is 1. The van der Waals surface area contributed by atoms with E-state index < -0.39 is 15.7 Å². The molecule has 2 rings (SSSR count). The fraction of sp³-hybridized carbons (Fsp3) is 0.462. The van der Waals surface area contributed by atoms with Gasteiger partial charge in [-0.2, -0.15) is 0 Å². The highest BCUT2D eigenvalue weighted by Gasteiger charge is 2.26. The van der Waals surface area contributed by atoms with Crippen LogP contribution in [-0.4, -0.2) is 37.0 Å². The van der Waals surface area contributed by atoms with E-state index in [1.54, 1.807) is 6.07 Å². The van der Waals surface area contributed by atoms with E-state index in [2.05, 4.69) is 5.32 Å². The van der Waals surface area contributed by atoms with Crippen molar-refractivity contribution in [2.24, 2.45) is 0 Å². The Bertz CT molecular complexity index is 595. The number of phenols is 1. The van der Waals surface area contributed by atoms with Crippen molar-refractivity contribution >= 4 is 15.7 Å². The summed E-state index contributed by atoms with van der Waals surface area (Å²) in [5.41, 5.74) is 1.03. The van der Waals surface area contributed by atoms with Crippen molar-refractivity contribution in [2.45, 2.75) is 25.8 Å². The monoisotopic (exact) mass is 283 g/mol. The first-order valence-electron chi connectivity index (χ1n) is 6.18. The number of carbonyl (C=O) groups is 1. The van der Waals surface area contributed by atoms with Crippen LogP contribution in [0.3, 0.4) is 0 Å². The van der Waals surface area contributed by atoms with E-state index in [0.29, 0.717) is 12.8 Å². The van der Waals surface area contributed by atoms with Gasteiger partial charge < -0.3 is 10.4 Å². The van der Waals surface area contributed by atoms with Crippen LogP contribution in [0.2, 0.25) is 0 Å². The maximum absolute atomic E-state index is 12.0. The first kappa shape index (κ1) is 13.9. The molecule has 0 aliphatic carbocycles. The Kier molecular flexibility index (Phi) is 3.80. The Balaban J connectivity index is 2.09. The summed E-state index contributed by atoms with van der Waals surface area (Å²) in [6.45, 7) is 1.81. The number of amides is 1. The van der Waals surface area contributed by atoms with Gasteiger partial charge in [-0.15, -0.1) is 0 Å². The normalized spacial score (nSPS) is 21.8. The molecule has 0 radical (unpaired) electrons. The van der Waals surface area contributed by atoms with Crippen LogP contribution in [0, 0.1) is 6.92 Å². The van der Waals surface area contributed by atoms with Gasteiger partial charge in [-0.05, 0) is 37.5 Å². The van der Waals surface area contributed by atoms with Gasteiger partial charge in [0.15, 0.2) is 9.84 Å². The molecule has 1 unspecified atom stereocenters. The maximum Gasteiger partial charge on any atom is 0.255 e. The molecule has 104 valence electrons. The molecule has 0 bridgehead atoms. The molecule has 1 heterocycles. The predicted molar refractivity (Wildman–Crippen MR) is 72.0 cm³/mol. The molecule has 0 saturated carbocycles. The number of benzene rings is 1. The van der Waals surface area contributed by atoms with E-state index in [1.807, 2.05) is 6.92 Å². The lowest BCUT2D eigenvalue weighted by atomic mass is 10.1. The molecule has 1 fully saturated rings. The molecule has 1 aromatic rings. The summed E-state index contributed by atoms with van der Waals surface area (Å²) in [4.78, 5) is 12.0. The standard InChI is InChI=1S/C13H17NO4S/c1-9-4-5-11(12(15)7-9)13(16)14-10-3-2-6-19(17,18)8-10/h4-5,7,10,15H,2-3,6,8H2,1H3,(H,14,16). The number of hydrogen-bond acceptors (Lipinski definition) is 4. The molecule has 1 aromatic carbocycles. The SMILES string of the molecule is Cc1ccc(C(=O)NC2CCCS(=O)(=O)C2)c(O)c1. The topological polar surface area (TPSA) is 83.5 Å². The quantitative estimate of drug-likeness (QED) is 0.848. The summed E-state index contributed by atoms with van der Waals surface area (Å²) in [5.74, 6) is -0.351. The predicted octanol–water partition coefficient (Wildman–Crippen LogP) is 1.01. The minimum absolute atomic E-state index is 0.0225. The van der Waals surface area contributed by atoms with Crippen LogP contribution in [0.1, 0.15) is 28.8 Å². The summed E-state index contributed by atoms with van der Waals surface area (Å²) in [6, 6.07) is 4.41. The van der Waals surface area contributed by atoms with Crippen molar-refractivity contribution in [2.75, 3.05) is 11.5 Å². The Hall–Kier alpha value is -1.56. The number of nitrogens with one attached hydrogen (secondary N) is 1. The second kappa shape index (κ2) is 5.21. The molecular formula is C13H17NO4S. The molecule has 1 aliphatic rings. The van der Waals surface area contributed by atoms with Crippen molar-refractivity contribution in [1.29, 1.82) is 0 Å². The van der Waals surface area contributed by atoms with Gasteiger partial charge >= 0.3 is 0 Å². The first-order chi connectivity index (χ1) is 8.87. The number of phenolic OH excluding ortho intramolecular Hbond substituents is 1. The lowest BCUT2D eigenvalue weighted by Gasteiger charge is -2.23. The number of rotatable bonds is 2. The van der Waals surface area contributed by atoms with Gasteiger partial charge in [0, 0.05) is 6.04 Å². The Morgan fingerprint density at radius 3 is 2.79 bits per heavy atom. The number of aromatic hydroxyl groups is 1. The lowest BCUT2D eigenvalue weighted by Crippen LogP contribution is -2.43. The number of hydrogen-bond donors (Lipinski definition) is 2. The van der Waals surface area contributed by atoms with Crippen molar-refractivity contribution in [3.05, 3.63) is 29.3 Å². The summed E-state index contributed by atoms with van der Waals surface area (Å²) >= 11 is 0. The molecule has 1 atom stereocenters.